The van der Waals surface area contributed by atoms with Gasteiger partial charge in [0, 0.05) is 34.9 Å². The van der Waals surface area contributed by atoms with E-state index in [-0.39, 0.29) is 57.5 Å². The maximum Gasteiger partial charge on any atom is 0.165 e. The summed E-state index contributed by atoms with van der Waals surface area (Å²) in [5.74, 6) is -1.02. The van der Waals surface area contributed by atoms with Gasteiger partial charge in [0.1, 0.15) is 75.8 Å². The van der Waals surface area contributed by atoms with E-state index >= 15 is 0 Å². The lowest BCUT2D eigenvalue weighted by molar-refractivity contribution is 0.215. The fourth-order valence-electron chi connectivity index (χ4n) is 10.1. The van der Waals surface area contributed by atoms with Crippen LogP contribution in [0.4, 0.5) is 0 Å². The maximum atomic E-state index is 11.4. The first kappa shape index (κ1) is 41.8. The lowest BCUT2D eigenvalue weighted by Gasteiger charge is -2.25. The topological polar surface area (TPSA) is 210 Å². The van der Waals surface area contributed by atoms with E-state index in [1.165, 1.54) is 12.1 Å². The Morgan fingerprint density at radius 1 is 0.309 bits per heavy atom. The zero-order valence-corrected chi connectivity index (χ0v) is 35.8. The van der Waals surface area contributed by atoms with Crippen molar-refractivity contribution in [1.82, 2.24) is 0 Å². The predicted molar refractivity (Wildman–Crippen MR) is 251 cm³/mol. The Morgan fingerprint density at radius 3 is 1.34 bits per heavy atom. The highest BCUT2D eigenvalue weighted by atomic mass is 16.5. The molecule has 68 heavy (non-hydrogen) atoms. The number of hydrogen-bond acceptors (Lipinski definition) is 12. The lowest BCUT2D eigenvalue weighted by atomic mass is 9.76. The second-order valence-corrected chi connectivity index (χ2v) is 17.4. The minimum Gasteiger partial charge on any atom is -0.508 e. The first-order valence-electron chi connectivity index (χ1n) is 21.8. The van der Waals surface area contributed by atoms with Gasteiger partial charge in [-0.2, -0.15) is 0 Å². The van der Waals surface area contributed by atoms with Gasteiger partial charge in [0.25, 0.3) is 0 Å². The van der Waals surface area contributed by atoms with Crippen LogP contribution in [0.15, 0.2) is 152 Å². The Hall–Kier alpha value is -8.90. The molecule has 0 aromatic heterocycles. The fraction of sp³-hybridized carbons (Fsp3) is 0.107. The Labute approximate surface area is 389 Å². The normalized spacial score (nSPS) is 20.0. The molecule has 3 aliphatic heterocycles. The van der Waals surface area contributed by atoms with Crippen molar-refractivity contribution in [3.63, 3.8) is 0 Å². The molecule has 0 aliphatic carbocycles. The minimum atomic E-state index is -0.694. The highest BCUT2D eigenvalue weighted by Gasteiger charge is 2.45. The number of ether oxygens (including phenoxy) is 3. The quantitative estimate of drug-likeness (QED) is 0.0652. The maximum absolute atomic E-state index is 11.4. The van der Waals surface area contributed by atoms with Gasteiger partial charge in [-0.1, -0.05) is 60.7 Å². The molecular weight excluding hydrogens is 865 g/mol. The smallest absolute Gasteiger partial charge is 0.165 e. The number of fused-ring (bicyclic) bond motifs is 3. The molecule has 0 saturated heterocycles. The van der Waals surface area contributed by atoms with Gasteiger partial charge < -0.3 is 60.2 Å². The molecule has 0 saturated carbocycles. The molecule has 3 aliphatic rings. The molecule has 0 spiro atoms. The van der Waals surface area contributed by atoms with Crippen LogP contribution in [0.25, 0.3) is 12.2 Å². The standard InChI is InChI=1S/C56H42O12/c57-35-10-4-30(5-11-35)53-49(33-20-38(60)24-39(61)21-33)45-17-29(18-46(65)56(45)68-53)2-1-28-3-16-43-47(19-28)66-55(32-8-14-37(59)15-9-32)51(43)44-26-42(64)27-48-52(44)50(34-22-40(62)25-41(63)23-34)54(67-48)31-6-12-36(58)13-7-31/h1-27,49-51,53-55,57-65H/b2-1+/t49-,50-,51-,53+,54+,55-/m0/s1. The lowest BCUT2D eigenvalue weighted by Crippen LogP contribution is -2.16. The van der Waals surface area contributed by atoms with Crippen molar-refractivity contribution in [3.8, 4) is 69.0 Å². The Bertz CT molecular complexity index is 3250. The summed E-state index contributed by atoms with van der Waals surface area (Å²) < 4.78 is 19.9. The molecule has 0 fully saturated rings. The second kappa shape index (κ2) is 16.2. The molecule has 11 rings (SSSR count). The van der Waals surface area contributed by atoms with Gasteiger partial charge in [0.05, 0.1) is 17.8 Å². The minimum absolute atomic E-state index is 0.0550. The highest BCUT2D eigenvalue weighted by molar-refractivity contribution is 5.74. The first-order chi connectivity index (χ1) is 32.8. The third kappa shape index (κ3) is 7.47. The third-order valence-corrected chi connectivity index (χ3v) is 13.0. The van der Waals surface area contributed by atoms with Crippen LogP contribution in [0.5, 0.6) is 69.0 Å². The van der Waals surface area contributed by atoms with Gasteiger partial charge in [-0.05, 0) is 129 Å². The van der Waals surface area contributed by atoms with Gasteiger partial charge in [0.2, 0.25) is 0 Å². The van der Waals surface area contributed by atoms with Gasteiger partial charge in [-0.3, -0.25) is 0 Å². The van der Waals surface area contributed by atoms with E-state index in [2.05, 4.69) is 0 Å². The molecule has 8 aromatic carbocycles. The number of rotatable bonds is 8. The van der Waals surface area contributed by atoms with Crippen molar-refractivity contribution in [1.29, 1.82) is 0 Å². The molecule has 3 heterocycles. The van der Waals surface area contributed by atoms with E-state index in [1.54, 1.807) is 115 Å². The van der Waals surface area contributed by atoms with E-state index in [9.17, 15) is 46.0 Å². The molecule has 338 valence electrons. The molecule has 0 radical (unpaired) electrons. The molecule has 0 amide bonds. The molecule has 0 bridgehead atoms. The van der Waals surface area contributed by atoms with E-state index in [0.29, 0.717) is 56.0 Å². The number of phenolic OH excluding ortho intramolecular Hbond substituents is 9. The van der Waals surface area contributed by atoms with Crippen LogP contribution in [-0.2, 0) is 0 Å². The zero-order valence-electron chi connectivity index (χ0n) is 35.8. The van der Waals surface area contributed by atoms with Crippen molar-refractivity contribution in [2.24, 2.45) is 0 Å². The first-order valence-corrected chi connectivity index (χ1v) is 21.8. The van der Waals surface area contributed by atoms with E-state index in [1.807, 2.05) is 36.4 Å². The van der Waals surface area contributed by atoms with Crippen LogP contribution in [0, 0.1) is 0 Å². The summed E-state index contributed by atoms with van der Waals surface area (Å²) in [6.45, 7) is 0. The molecule has 6 atom stereocenters. The summed E-state index contributed by atoms with van der Waals surface area (Å²) in [6.07, 6.45) is 1.70. The predicted octanol–water partition coefficient (Wildman–Crippen LogP) is 11.0. The molecule has 9 N–H and O–H groups in total. The van der Waals surface area contributed by atoms with Crippen molar-refractivity contribution in [3.05, 3.63) is 213 Å². The van der Waals surface area contributed by atoms with Gasteiger partial charge >= 0.3 is 0 Å². The molecule has 12 heteroatoms. The van der Waals surface area contributed by atoms with Crippen LogP contribution in [0.3, 0.4) is 0 Å². The van der Waals surface area contributed by atoms with Gasteiger partial charge in [-0.15, -0.1) is 0 Å². The summed E-state index contributed by atoms with van der Waals surface area (Å²) in [5, 5.41) is 95.7. The summed E-state index contributed by atoms with van der Waals surface area (Å²) in [4.78, 5) is 0. The number of phenols is 9. The van der Waals surface area contributed by atoms with Crippen molar-refractivity contribution in [2.45, 2.75) is 36.1 Å². The average molecular weight is 907 g/mol. The number of benzene rings is 8. The Kier molecular flexibility index (Phi) is 9.96. The van der Waals surface area contributed by atoms with Crippen LogP contribution < -0.4 is 14.2 Å². The highest BCUT2D eigenvalue weighted by Crippen LogP contribution is 2.59. The van der Waals surface area contributed by atoms with Crippen molar-refractivity contribution >= 4 is 12.2 Å². The van der Waals surface area contributed by atoms with Gasteiger partial charge in [0.15, 0.2) is 11.5 Å². The average Bonchev–Trinajstić information content (AvgIpc) is 4.00. The van der Waals surface area contributed by atoms with Crippen molar-refractivity contribution in [2.75, 3.05) is 0 Å². The molecular formula is C56H42O12. The largest absolute Gasteiger partial charge is 0.508 e. The second-order valence-electron chi connectivity index (χ2n) is 17.4. The Balaban J connectivity index is 0.994. The number of aromatic hydroxyl groups is 9. The number of hydrogen-bond donors (Lipinski definition) is 9. The molecule has 12 nitrogen and oxygen atoms in total. The third-order valence-electron chi connectivity index (χ3n) is 13.0. The van der Waals surface area contributed by atoms with Crippen LogP contribution >= 0.6 is 0 Å². The molecule has 0 unspecified atom stereocenters. The van der Waals surface area contributed by atoms with Gasteiger partial charge in [-0.25, -0.2) is 0 Å². The Morgan fingerprint density at radius 2 is 0.779 bits per heavy atom. The van der Waals surface area contributed by atoms with Crippen LogP contribution in [-0.4, -0.2) is 46.0 Å². The zero-order chi connectivity index (χ0) is 47.0. The van der Waals surface area contributed by atoms with E-state index in [0.717, 1.165) is 16.7 Å². The van der Waals surface area contributed by atoms with Crippen LogP contribution in [0.1, 0.15) is 97.3 Å². The summed E-state index contributed by atoms with van der Waals surface area (Å²) >= 11 is 0. The van der Waals surface area contributed by atoms with E-state index in [4.69, 9.17) is 14.2 Å². The fourth-order valence-corrected chi connectivity index (χ4v) is 10.1. The SMILES string of the molecule is Oc1ccc([C@H]2Oc3c(O)cc(/C=C/c4ccc5c(c4)O[C@@H](c4ccc(O)cc4)[C@@H]5c4cc(O)cc5c4[C@H](c4cc(O)cc(O)c4)[C@@H](c4ccc(O)cc4)O5)cc3[C@@H]2c2cc(O)cc(O)c2)cc1. The molecule has 8 aromatic rings. The summed E-state index contributed by atoms with van der Waals surface area (Å²) in [5.41, 5.74) is 7.45. The monoisotopic (exact) mass is 906 g/mol. The summed E-state index contributed by atoms with van der Waals surface area (Å²) in [6, 6.07) is 41.1. The van der Waals surface area contributed by atoms with Crippen molar-refractivity contribution < 1.29 is 60.2 Å². The summed E-state index contributed by atoms with van der Waals surface area (Å²) in [7, 11) is 0. The van der Waals surface area contributed by atoms with Crippen LogP contribution in [0.2, 0.25) is 0 Å². The van der Waals surface area contributed by atoms with E-state index < -0.39 is 36.1 Å².